The maximum Gasteiger partial charge on any atom is 0.123 e. The van der Waals surface area contributed by atoms with Gasteiger partial charge in [0.1, 0.15) is 24.7 Å². The third-order valence-corrected chi connectivity index (χ3v) is 5.93. The minimum Gasteiger partial charge on any atom is -0.490 e. The van der Waals surface area contributed by atoms with Crippen LogP contribution in [0.25, 0.3) is 45.6 Å². The first-order valence-corrected chi connectivity index (χ1v) is 12.8. The predicted molar refractivity (Wildman–Crippen MR) is 152 cm³/mol. The smallest absolute Gasteiger partial charge is 0.123 e. The van der Waals surface area contributed by atoms with Gasteiger partial charge >= 0.3 is 0 Å². The molecule has 0 aliphatic carbocycles. The highest BCUT2D eigenvalue weighted by atomic mass is 16.5. The van der Waals surface area contributed by atoms with E-state index in [0.29, 0.717) is 47.5 Å². The molecule has 0 bridgehead atoms. The van der Waals surface area contributed by atoms with E-state index in [1.54, 1.807) is 24.8 Å². The van der Waals surface area contributed by atoms with Crippen LogP contribution in [0.4, 0.5) is 0 Å². The van der Waals surface area contributed by atoms with Crippen LogP contribution in [-0.2, 0) is 0 Å². The Morgan fingerprint density at radius 3 is 0.925 bits per heavy atom. The molecule has 6 aromatic rings. The third-order valence-electron chi connectivity index (χ3n) is 5.93. The molecule has 0 amide bonds. The van der Waals surface area contributed by atoms with Crippen LogP contribution in [0.3, 0.4) is 0 Å². The van der Waals surface area contributed by atoms with Crippen LogP contribution in [-0.4, -0.2) is 43.1 Å². The predicted octanol–water partition coefficient (Wildman–Crippen LogP) is 6.18. The lowest BCUT2D eigenvalue weighted by Gasteiger charge is -2.13. The largest absolute Gasteiger partial charge is 0.490 e. The zero-order valence-corrected chi connectivity index (χ0v) is 21.5. The van der Waals surface area contributed by atoms with Crippen molar-refractivity contribution in [2.24, 2.45) is 0 Å². The summed E-state index contributed by atoms with van der Waals surface area (Å²) in [6.07, 6.45) is 6.97. The van der Waals surface area contributed by atoms with Crippen molar-refractivity contribution in [2.45, 2.75) is 0 Å². The van der Waals surface area contributed by atoms with Gasteiger partial charge in [0.2, 0.25) is 0 Å². The molecule has 0 aliphatic heterocycles. The van der Waals surface area contributed by atoms with Crippen LogP contribution in [0.1, 0.15) is 0 Å². The summed E-state index contributed by atoms with van der Waals surface area (Å²) in [7, 11) is 0. The van der Waals surface area contributed by atoms with Gasteiger partial charge in [0.05, 0.1) is 45.6 Å². The fourth-order valence-electron chi connectivity index (χ4n) is 4.08. The molecule has 0 saturated heterocycles. The van der Waals surface area contributed by atoms with Gasteiger partial charge in [-0.25, -0.2) is 9.97 Å². The zero-order chi connectivity index (χ0) is 27.0. The average Bonchev–Trinajstić information content (AvgIpc) is 3.04. The quantitative estimate of drug-likeness (QED) is 0.207. The minimum absolute atomic E-state index is 0.313. The summed E-state index contributed by atoms with van der Waals surface area (Å²) in [6.45, 7) is 0.626. The molecule has 0 radical (unpaired) electrons. The molecule has 6 aromatic heterocycles. The zero-order valence-electron chi connectivity index (χ0n) is 21.5. The Labute approximate surface area is 231 Å². The molecule has 0 atom stereocenters. The van der Waals surface area contributed by atoms with Gasteiger partial charge in [-0.1, -0.05) is 24.3 Å². The topological polar surface area (TPSA) is 95.8 Å². The standard InChI is InChI=1S/C32H24N6O2/c1-5-13-33-25(9-1)29-19-23(20-30(37-29)26-10-2-6-14-34-26)39-17-18-40-24-21-31(27-11-3-7-15-35-27)38-32(22-24)28-12-4-8-16-36-28/h1-16,19-22H,17-18H2. The Morgan fingerprint density at radius 1 is 0.375 bits per heavy atom. The lowest BCUT2D eigenvalue weighted by atomic mass is 10.2. The Kier molecular flexibility index (Phi) is 7.39. The van der Waals surface area contributed by atoms with Crippen molar-refractivity contribution in [3.8, 4) is 57.1 Å². The van der Waals surface area contributed by atoms with Crippen LogP contribution in [0.15, 0.2) is 122 Å². The molecular formula is C32H24N6O2. The van der Waals surface area contributed by atoms with Gasteiger partial charge in [-0.3, -0.25) is 19.9 Å². The Bertz CT molecular complexity index is 1440. The number of ether oxygens (including phenoxy) is 2. The number of pyridine rings is 6. The van der Waals surface area contributed by atoms with Crippen LogP contribution >= 0.6 is 0 Å². The molecule has 0 fully saturated rings. The molecule has 194 valence electrons. The van der Waals surface area contributed by atoms with Crippen LogP contribution in [0.2, 0.25) is 0 Å². The number of hydrogen-bond acceptors (Lipinski definition) is 8. The highest BCUT2D eigenvalue weighted by Crippen LogP contribution is 2.28. The number of hydrogen-bond donors (Lipinski definition) is 0. The van der Waals surface area contributed by atoms with Crippen molar-refractivity contribution in [1.82, 2.24) is 29.9 Å². The van der Waals surface area contributed by atoms with Crippen LogP contribution in [0.5, 0.6) is 11.5 Å². The van der Waals surface area contributed by atoms with E-state index in [-0.39, 0.29) is 0 Å². The van der Waals surface area contributed by atoms with Gasteiger partial charge in [0.15, 0.2) is 0 Å². The minimum atomic E-state index is 0.313. The summed E-state index contributed by atoms with van der Waals surface area (Å²) in [5.74, 6) is 1.30. The molecule has 0 aliphatic rings. The average molecular weight is 525 g/mol. The first-order valence-electron chi connectivity index (χ1n) is 12.8. The van der Waals surface area contributed by atoms with Gasteiger partial charge in [-0.2, -0.15) is 0 Å². The molecule has 6 rings (SSSR count). The van der Waals surface area contributed by atoms with E-state index >= 15 is 0 Å². The second kappa shape index (κ2) is 11.9. The first-order chi connectivity index (χ1) is 19.8. The number of aromatic nitrogens is 6. The SMILES string of the molecule is c1ccc(-c2cc(OCCOc3cc(-c4ccccn4)nc(-c4ccccn4)c3)cc(-c3ccccn3)n2)nc1. The van der Waals surface area contributed by atoms with E-state index in [2.05, 4.69) is 19.9 Å². The van der Waals surface area contributed by atoms with Crippen molar-refractivity contribution in [3.05, 3.63) is 122 Å². The molecule has 8 heteroatoms. The summed E-state index contributed by atoms with van der Waals surface area (Å²) in [6, 6.07) is 30.4. The summed E-state index contributed by atoms with van der Waals surface area (Å²) >= 11 is 0. The molecule has 0 spiro atoms. The summed E-state index contributed by atoms with van der Waals surface area (Å²) in [5, 5.41) is 0. The highest BCUT2D eigenvalue weighted by molar-refractivity contribution is 5.65. The normalized spacial score (nSPS) is 10.7. The number of rotatable bonds is 9. The fraction of sp³-hybridized carbons (Fsp3) is 0.0625. The highest BCUT2D eigenvalue weighted by Gasteiger charge is 2.12. The molecule has 8 nitrogen and oxygen atoms in total. The maximum absolute atomic E-state index is 6.12. The van der Waals surface area contributed by atoms with Gasteiger partial charge in [-0.15, -0.1) is 0 Å². The first kappa shape index (κ1) is 24.8. The molecule has 0 saturated carbocycles. The van der Waals surface area contributed by atoms with Crippen LogP contribution in [0, 0.1) is 0 Å². The van der Waals surface area contributed by atoms with Gasteiger partial charge < -0.3 is 9.47 Å². The Balaban J connectivity index is 1.22. The van der Waals surface area contributed by atoms with Gasteiger partial charge in [0.25, 0.3) is 0 Å². The lowest BCUT2D eigenvalue weighted by molar-refractivity contribution is 0.217. The second-order valence-corrected chi connectivity index (χ2v) is 8.70. The number of nitrogens with zero attached hydrogens (tertiary/aromatic N) is 6. The van der Waals surface area contributed by atoms with Crippen LogP contribution < -0.4 is 9.47 Å². The monoisotopic (exact) mass is 524 g/mol. The maximum atomic E-state index is 6.12. The third kappa shape index (κ3) is 5.97. The van der Waals surface area contributed by atoms with Gasteiger partial charge in [-0.05, 0) is 48.5 Å². The summed E-state index contributed by atoms with van der Waals surface area (Å²) < 4.78 is 12.2. The summed E-state index contributed by atoms with van der Waals surface area (Å²) in [4.78, 5) is 27.3. The summed E-state index contributed by atoms with van der Waals surface area (Å²) in [5.41, 5.74) is 5.82. The molecule has 0 unspecified atom stereocenters. The van der Waals surface area contributed by atoms with Gasteiger partial charge in [0, 0.05) is 49.1 Å². The second-order valence-electron chi connectivity index (χ2n) is 8.70. The van der Waals surface area contributed by atoms with E-state index < -0.39 is 0 Å². The van der Waals surface area contributed by atoms with E-state index in [1.165, 1.54) is 0 Å². The van der Waals surface area contributed by atoms with Crippen molar-refractivity contribution in [2.75, 3.05) is 13.2 Å². The van der Waals surface area contributed by atoms with Crippen molar-refractivity contribution in [1.29, 1.82) is 0 Å². The molecule has 40 heavy (non-hydrogen) atoms. The van der Waals surface area contributed by atoms with Crippen molar-refractivity contribution < 1.29 is 9.47 Å². The molecule has 0 aromatic carbocycles. The van der Waals surface area contributed by atoms with E-state index in [9.17, 15) is 0 Å². The lowest BCUT2D eigenvalue weighted by Crippen LogP contribution is -2.10. The van der Waals surface area contributed by atoms with E-state index in [4.69, 9.17) is 19.4 Å². The van der Waals surface area contributed by atoms with Crippen molar-refractivity contribution >= 4 is 0 Å². The molecule has 6 heterocycles. The van der Waals surface area contributed by atoms with Crippen molar-refractivity contribution in [3.63, 3.8) is 0 Å². The fourth-order valence-corrected chi connectivity index (χ4v) is 4.08. The molecule has 0 N–H and O–H groups in total. The Morgan fingerprint density at radius 2 is 0.675 bits per heavy atom. The van der Waals surface area contributed by atoms with E-state index in [0.717, 1.165) is 22.8 Å². The Hall–Kier alpha value is -5.50. The van der Waals surface area contributed by atoms with E-state index in [1.807, 2.05) is 97.1 Å². The molecular weight excluding hydrogens is 500 g/mol.